The number of nitrogens with one attached hydrogen (secondary N) is 1. The molecule has 1 saturated heterocycles. The normalized spacial score (nSPS) is 26.5. The fourth-order valence-electron chi connectivity index (χ4n) is 5.88. The molecule has 0 bridgehead atoms. The summed E-state index contributed by atoms with van der Waals surface area (Å²) in [5, 5.41) is 4.27. The largest absolute Gasteiger partial charge is 0.472 e. The fraction of sp³-hybridized carbons (Fsp3) is 0.562. The second kappa shape index (κ2) is 10.8. The molecule has 1 N–H and O–H groups in total. The summed E-state index contributed by atoms with van der Waals surface area (Å²) in [5.74, 6) is -2.09. The van der Waals surface area contributed by atoms with Gasteiger partial charge in [-0.1, -0.05) is 52.0 Å². The van der Waals surface area contributed by atoms with Crippen molar-refractivity contribution < 1.29 is 27.5 Å². The number of nitrogens with zero attached hydrogens (tertiary/aromatic N) is 2. The number of pyridine rings is 1. The number of hydrogen-bond acceptors (Lipinski definition) is 7. The summed E-state index contributed by atoms with van der Waals surface area (Å²) in [6.07, 6.45) is 4.39. The first kappa shape index (κ1) is 30.2. The van der Waals surface area contributed by atoms with Gasteiger partial charge in [0.1, 0.15) is 23.4 Å². The number of ether oxygens (including phenoxy) is 1. The summed E-state index contributed by atoms with van der Waals surface area (Å²) in [6, 6.07) is 6.95. The maximum Gasteiger partial charge on any atom is 0.243 e. The summed E-state index contributed by atoms with van der Waals surface area (Å²) < 4.78 is 31.6. The van der Waals surface area contributed by atoms with Gasteiger partial charge in [-0.15, -0.1) is 6.58 Å². The van der Waals surface area contributed by atoms with Crippen LogP contribution < -0.4 is 10.1 Å². The summed E-state index contributed by atoms with van der Waals surface area (Å²) >= 11 is 0. The molecule has 3 fully saturated rings. The van der Waals surface area contributed by atoms with Crippen molar-refractivity contribution >= 4 is 38.2 Å². The van der Waals surface area contributed by atoms with E-state index in [-0.39, 0.29) is 36.1 Å². The average molecular weight is 596 g/mol. The summed E-state index contributed by atoms with van der Waals surface area (Å²) in [6.45, 7) is 13.7. The molecule has 1 aromatic heterocycles. The molecule has 10 heteroatoms. The van der Waals surface area contributed by atoms with Gasteiger partial charge in [0.25, 0.3) is 0 Å². The van der Waals surface area contributed by atoms with Crippen LogP contribution in [0.2, 0.25) is 0 Å². The molecule has 226 valence electrons. The Kier molecular flexibility index (Phi) is 7.75. The van der Waals surface area contributed by atoms with Gasteiger partial charge in [-0.05, 0) is 48.6 Å². The van der Waals surface area contributed by atoms with Crippen LogP contribution in [-0.4, -0.2) is 71.1 Å². The molecule has 2 aliphatic carbocycles. The van der Waals surface area contributed by atoms with E-state index in [0.29, 0.717) is 25.1 Å². The minimum Gasteiger partial charge on any atom is -0.472 e. The van der Waals surface area contributed by atoms with Crippen LogP contribution in [0.3, 0.4) is 0 Å². The molecule has 42 heavy (non-hydrogen) atoms. The van der Waals surface area contributed by atoms with Gasteiger partial charge in [0.2, 0.25) is 17.7 Å². The predicted molar refractivity (Wildman–Crippen MR) is 161 cm³/mol. The second-order valence-electron chi connectivity index (χ2n) is 13.3. The van der Waals surface area contributed by atoms with Crippen molar-refractivity contribution in [2.45, 2.75) is 83.2 Å². The van der Waals surface area contributed by atoms with E-state index in [1.807, 2.05) is 58.9 Å². The van der Waals surface area contributed by atoms with E-state index < -0.39 is 50.2 Å². The zero-order valence-corrected chi connectivity index (χ0v) is 25.9. The lowest BCUT2D eigenvalue weighted by Gasteiger charge is -2.33. The van der Waals surface area contributed by atoms with Gasteiger partial charge in [0, 0.05) is 29.8 Å². The van der Waals surface area contributed by atoms with Crippen LogP contribution in [0.1, 0.15) is 58.9 Å². The second-order valence-corrected chi connectivity index (χ2v) is 15.6. The van der Waals surface area contributed by atoms with Crippen LogP contribution in [0.5, 0.6) is 5.88 Å². The van der Waals surface area contributed by atoms with Gasteiger partial charge in [-0.25, -0.2) is 13.4 Å². The number of fused-ring (bicyclic) bond motifs is 1. The average Bonchev–Trinajstić information content (AvgIpc) is 3.84. The van der Waals surface area contributed by atoms with Gasteiger partial charge in [-0.2, -0.15) is 0 Å². The zero-order valence-electron chi connectivity index (χ0n) is 25.1. The van der Waals surface area contributed by atoms with Crippen molar-refractivity contribution in [1.29, 1.82) is 0 Å². The molecule has 5 atom stereocenters. The highest BCUT2D eigenvalue weighted by atomic mass is 32.2. The summed E-state index contributed by atoms with van der Waals surface area (Å²) in [4.78, 5) is 47.1. The first-order chi connectivity index (χ1) is 19.7. The Bertz CT molecular complexity index is 1540. The predicted octanol–water partition coefficient (Wildman–Crippen LogP) is 3.78. The molecule has 9 nitrogen and oxygen atoms in total. The van der Waals surface area contributed by atoms with E-state index in [1.54, 1.807) is 17.2 Å². The third-order valence-electron chi connectivity index (χ3n) is 9.27. The third-order valence-corrected chi connectivity index (χ3v) is 11.4. The molecule has 0 spiro atoms. The van der Waals surface area contributed by atoms with Crippen molar-refractivity contribution in [3.8, 4) is 5.88 Å². The Morgan fingerprint density at radius 3 is 2.57 bits per heavy atom. The van der Waals surface area contributed by atoms with Crippen LogP contribution in [-0.2, 0) is 24.2 Å². The highest BCUT2D eigenvalue weighted by molar-refractivity contribution is 7.93. The van der Waals surface area contributed by atoms with Crippen molar-refractivity contribution in [1.82, 2.24) is 15.2 Å². The van der Waals surface area contributed by atoms with E-state index in [2.05, 4.69) is 16.9 Å². The van der Waals surface area contributed by atoms with Crippen LogP contribution in [0.25, 0.3) is 10.8 Å². The van der Waals surface area contributed by atoms with Crippen LogP contribution in [0, 0.1) is 24.2 Å². The van der Waals surface area contributed by atoms with Crippen LogP contribution in [0.4, 0.5) is 0 Å². The van der Waals surface area contributed by atoms with Gasteiger partial charge in [0.05, 0.1) is 11.8 Å². The van der Waals surface area contributed by atoms with E-state index in [9.17, 15) is 22.8 Å². The zero-order chi connectivity index (χ0) is 30.6. The van der Waals surface area contributed by atoms with Crippen molar-refractivity contribution in [3.05, 3.63) is 48.7 Å². The van der Waals surface area contributed by atoms with Gasteiger partial charge in [0.15, 0.2) is 15.6 Å². The first-order valence-corrected chi connectivity index (χ1v) is 16.4. The SMILES string of the molecule is C=C[C@@H]1C[C@]1(NC(=O)[C@@H]1CC(Oc2nccc3cccc(C)c23)CN1C(=O)[C@@H](C)C(C)(C)C)C(=O)CS(=O)(=O)C1CC1. The number of Topliss-reactive ketones (excluding diaryl/α,β-unsaturated/α-hetero) is 1. The standard InChI is InChI=1S/C32H41N3O6S/c1-7-22-16-32(22,26(36)18-42(39,40)24-11-12-24)34-28(37)25-15-23(17-35(25)30(38)20(3)31(4,5)6)41-29-27-19(2)9-8-10-21(27)13-14-33-29/h7-10,13-14,20,22-25H,1,11-12,15-18H2,2-6H3,(H,34,37)/t20-,22-,23?,25+,32-/m1/s1. The van der Waals surface area contributed by atoms with E-state index in [1.165, 1.54) is 0 Å². The highest BCUT2D eigenvalue weighted by Gasteiger charge is 2.61. The number of hydrogen-bond donors (Lipinski definition) is 1. The molecule has 3 aliphatic rings. The van der Waals surface area contributed by atoms with Crippen molar-refractivity contribution in [2.24, 2.45) is 17.3 Å². The molecule has 2 aromatic rings. The minimum atomic E-state index is -3.56. The minimum absolute atomic E-state index is 0.177. The van der Waals surface area contributed by atoms with E-state index in [4.69, 9.17) is 4.74 Å². The maximum atomic E-state index is 13.9. The lowest BCUT2D eigenvalue weighted by molar-refractivity contribution is -0.144. The number of aromatic nitrogens is 1. The number of carbonyl (C=O) groups is 3. The Balaban J connectivity index is 1.40. The number of carbonyl (C=O) groups excluding carboxylic acids is 3. The monoisotopic (exact) mass is 595 g/mol. The summed E-state index contributed by atoms with van der Waals surface area (Å²) in [5.41, 5.74) is -0.661. The lowest BCUT2D eigenvalue weighted by Crippen LogP contribution is -2.55. The molecule has 2 saturated carbocycles. The summed E-state index contributed by atoms with van der Waals surface area (Å²) in [7, 11) is -3.56. The third kappa shape index (κ3) is 5.70. The number of likely N-dealkylation sites (tertiary alicyclic amines) is 1. The van der Waals surface area contributed by atoms with Crippen LogP contribution >= 0.6 is 0 Å². The number of amides is 2. The Labute approximate surface area is 248 Å². The molecule has 1 aromatic carbocycles. The molecule has 1 aliphatic heterocycles. The van der Waals surface area contributed by atoms with Crippen molar-refractivity contribution in [3.63, 3.8) is 0 Å². The Hall–Kier alpha value is -3.27. The fourth-order valence-corrected chi connectivity index (χ4v) is 7.59. The maximum absolute atomic E-state index is 13.9. The quantitative estimate of drug-likeness (QED) is 0.415. The molecular formula is C32H41N3O6S. The number of sulfone groups is 1. The Morgan fingerprint density at radius 2 is 1.95 bits per heavy atom. The number of rotatable bonds is 10. The van der Waals surface area contributed by atoms with Gasteiger partial charge >= 0.3 is 0 Å². The lowest BCUT2D eigenvalue weighted by atomic mass is 9.81. The Morgan fingerprint density at radius 1 is 1.24 bits per heavy atom. The van der Waals surface area contributed by atoms with Crippen LogP contribution in [0.15, 0.2) is 43.1 Å². The van der Waals surface area contributed by atoms with Gasteiger partial charge < -0.3 is 15.0 Å². The molecule has 5 rings (SSSR count). The van der Waals surface area contributed by atoms with E-state index >= 15 is 0 Å². The molecule has 2 heterocycles. The molecular weight excluding hydrogens is 554 g/mol. The molecule has 1 unspecified atom stereocenters. The van der Waals surface area contributed by atoms with Crippen molar-refractivity contribution in [2.75, 3.05) is 12.3 Å². The van der Waals surface area contributed by atoms with Gasteiger partial charge in [-0.3, -0.25) is 14.4 Å². The van der Waals surface area contributed by atoms with E-state index in [0.717, 1.165) is 16.3 Å². The number of aryl methyl sites for hydroxylation is 1. The smallest absolute Gasteiger partial charge is 0.243 e. The molecule has 2 amide bonds. The topological polar surface area (TPSA) is 123 Å². The first-order valence-electron chi connectivity index (χ1n) is 14.7. The molecule has 0 radical (unpaired) electrons. The highest BCUT2D eigenvalue weighted by Crippen LogP contribution is 2.46. The number of benzene rings is 1. The number of ketones is 1.